The van der Waals surface area contributed by atoms with Gasteiger partial charge in [0.1, 0.15) is 4.21 Å². The minimum atomic E-state index is -3.93. The second kappa shape index (κ2) is 5.72. The average Bonchev–Trinajstić information content (AvgIpc) is 2.85. The van der Waals surface area contributed by atoms with Crippen LogP contribution in [-0.2, 0) is 10.0 Å². The van der Waals surface area contributed by atoms with E-state index >= 15 is 0 Å². The molecule has 0 spiro atoms. The lowest BCUT2D eigenvalue weighted by Crippen LogP contribution is -2.11. The van der Waals surface area contributed by atoms with E-state index in [-0.39, 0.29) is 31.2 Å². The standard InChI is InChI=1S/C11H8Cl2N2O4S2/c12-7-2-6(3-8(13)10(7)14)15-21(18,19)9-1-5(4-20-9)11(16)17/h1-4,15H,14H2,(H,16,17). The van der Waals surface area contributed by atoms with E-state index in [1.165, 1.54) is 17.5 Å². The highest BCUT2D eigenvalue weighted by molar-refractivity contribution is 7.94. The summed E-state index contributed by atoms with van der Waals surface area (Å²) in [5, 5.41) is 10.3. The Labute approximate surface area is 134 Å². The maximum atomic E-state index is 12.1. The van der Waals surface area contributed by atoms with Crippen LogP contribution in [0.15, 0.2) is 27.8 Å². The Balaban J connectivity index is 2.35. The van der Waals surface area contributed by atoms with Crippen LogP contribution in [0.1, 0.15) is 10.4 Å². The van der Waals surface area contributed by atoms with Crippen LogP contribution in [0.4, 0.5) is 11.4 Å². The Bertz CT molecular complexity index is 794. The summed E-state index contributed by atoms with van der Waals surface area (Å²) in [7, 11) is -3.93. The minimum Gasteiger partial charge on any atom is -0.478 e. The predicted molar refractivity (Wildman–Crippen MR) is 83.0 cm³/mol. The number of nitrogen functional groups attached to an aromatic ring is 1. The molecule has 10 heteroatoms. The Kier molecular flexibility index (Phi) is 4.33. The third-order valence-electron chi connectivity index (χ3n) is 2.42. The number of carboxylic acids is 1. The van der Waals surface area contributed by atoms with Gasteiger partial charge < -0.3 is 10.8 Å². The van der Waals surface area contributed by atoms with Gasteiger partial charge in [-0.3, -0.25) is 4.72 Å². The quantitative estimate of drug-likeness (QED) is 0.720. The molecular weight excluding hydrogens is 359 g/mol. The fourth-order valence-electron chi connectivity index (χ4n) is 1.42. The molecule has 0 amide bonds. The summed E-state index contributed by atoms with van der Waals surface area (Å²) >= 11 is 12.4. The molecule has 0 aliphatic rings. The Morgan fingerprint density at radius 3 is 2.29 bits per heavy atom. The van der Waals surface area contributed by atoms with Gasteiger partial charge >= 0.3 is 5.97 Å². The molecule has 0 saturated carbocycles. The van der Waals surface area contributed by atoms with E-state index in [0.717, 1.165) is 17.4 Å². The molecule has 1 heterocycles. The molecule has 0 bridgehead atoms. The van der Waals surface area contributed by atoms with Gasteiger partial charge in [0.05, 0.1) is 27.0 Å². The zero-order valence-corrected chi connectivity index (χ0v) is 13.3. The number of nitrogens with one attached hydrogen (secondary N) is 1. The molecule has 1 aromatic heterocycles. The van der Waals surface area contributed by atoms with E-state index in [9.17, 15) is 13.2 Å². The van der Waals surface area contributed by atoms with Crippen molar-refractivity contribution in [3.8, 4) is 0 Å². The van der Waals surface area contributed by atoms with Crippen molar-refractivity contribution < 1.29 is 18.3 Å². The summed E-state index contributed by atoms with van der Waals surface area (Å²) in [5.41, 5.74) is 5.73. The molecule has 0 radical (unpaired) electrons. The van der Waals surface area contributed by atoms with E-state index in [1.54, 1.807) is 0 Å². The number of anilines is 2. The fraction of sp³-hybridized carbons (Fsp3) is 0. The van der Waals surface area contributed by atoms with Gasteiger partial charge in [-0.15, -0.1) is 11.3 Å². The highest BCUT2D eigenvalue weighted by atomic mass is 35.5. The fourth-order valence-corrected chi connectivity index (χ4v) is 4.10. The van der Waals surface area contributed by atoms with E-state index < -0.39 is 16.0 Å². The first-order chi connectivity index (χ1) is 9.70. The maximum absolute atomic E-state index is 12.1. The molecule has 6 nitrogen and oxygen atoms in total. The first kappa shape index (κ1) is 15.9. The molecule has 2 rings (SSSR count). The van der Waals surface area contributed by atoms with E-state index in [4.69, 9.17) is 34.0 Å². The van der Waals surface area contributed by atoms with Crippen LogP contribution in [0.3, 0.4) is 0 Å². The van der Waals surface area contributed by atoms with Gasteiger partial charge in [0.2, 0.25) is 0 Å². The Morgan fingerprint density at radius 1 is 1.24 bits per heavy atom. The number of thiophene rings is 1. The minimum absolute atomic E-state index is 0.103. The zero-order chi connectivity index (χ0) is 15.8. The SMILES string of the molecule is Nc1c(Cl)cc(NS(=O)(=O)c2cc(C(=O)O)cs2)cc1Cl. The predicted octanol–water partition coefficient (Wildman–Crippen LogP) is 3.14. The summed E-state index contributed by atoms with van der Waals surface area (Å²) in [5.74, 6) is -1.20. The molecule has 4 N–H and O–H groups in total. The van der Waals surface area contributed by atoms with Crippen molar-refractivity contribution in [1.29, 1.82) is 0 Å². The molecule has 0 aliphatic heterocycles. The second-order valence-corrected chi connectivity index (χ2v) is 7.55. The van der Waals surface area contributed by atoms with Crippen LogP contribution in [0.25, 0.3) is 0 Å². The van der Waals surface area contributed by atoms with Crippen LogP contribution in [0.5, 0.6) is 0 Å². The van der Waals surface area contributed by atoms with Crippen molar-refractivity contribution in [3.63, 3.8) is 0 Å². The lowest BCUT2D eigenvalue weighted by molar-refractivity contribution is 0.0697. The van der Waals surface area contributed by atoms with Crippen molar-refractivity contribution in [2.45, 2.75) is 4.21 Å². The monoisotopic (exact) mass is 366 g/mol. The highest BCUT2D eigenvalue weighted by Crippen LogP contribution is 2.32. The summed E-state index contributed by atoms with van der Waals surface area (Å²) in [6.07, 6.45) is 0. The molecule has 0 fully saturated rings. The van der Waals surface area contributed by atoms with Gasteiger partial charge in [-0.05, 0) is 18.2 Å². The topological polar surface area (TPSA) is 109 Å². The van der Waals surface area contributed by atoms with Gasteiger partial charge in [-0.2, -0.15) is 0 Å². The number of halogens is 2. The number of carboxylic acid groups (broad SMARTS) is 1. The van der Waals surface area contributed by atoms with Crippen LogP contribution in [0, 0.1) is 0 Å². The summed E-state index contributed by atoms with van der Waals surface area (Å²) < 4.78 is 26.4. The summed E-state index contributed by atoms with van der Waals surface area (Å²) in [4.78, 5) is 10.8. The van der Waals surface area contributed by atoms with Gasteiger partial charge in [-0.25, -0.2) is 13.2 Å². The van der Waals surface area contributed by atoms with Crippen molar-refractivity contribution in [2.75, 3.05) is 10.5 Å². The number of rotatable bonds is 4. The highest BCUT2D eigenvalue weighted by Gasteiger charge is 2.19. The summed E-state index contributed by atoms with van der Waals surface area (Å²) in [6.45, 7) is 0. The van der Waals surface area contributed by atoms with Crippen LogP contribution in [0.2, 0.25) is 10.0 Å². The van der Waals surface area contributed by atoms with Crippen LogP contribution >= 0.6 is 34.5 Å². The smallest absolute Gasteiger partial charge is 0.336 e. The normalized spacial score (nSPS) is 11.3. The van der Waals surface area contributed by atoms with Crippen molar-refractivity contribution >= 4 is 61.9 Å². The molecule has 1 aromatic carbocycles. The van der Waals surface area contributed by atoms with Crippen molar-refractivity contribution in [1.82, 2.24) is 0 Å². The molecule has 112 valence electrons. The third-order valence-corrected chi connectivity index (χ3v) is 5.86. The van der Waals surface area contributed by atoms with Gasteiger partial charge in [0, 0.05) is 5.38 Å². The van der Waals surface area contributed by atoms with Crippen molar-refractivity contribution in [2.24, 2.45) is 0 Å². The van der Waals surface area contributed by atoms with Crippen LogP contribution < -0.4 is 10.5 Å². The van der Waals surface area contributed by atoms with E-state index in [0.29, 0.717) is 0 Å². The lowest BCUT2D eigenvalue weighted by atomic mass is 10.3. The number of sulfonamides is 1. The Morgan fingerprint density at radius 2 is 1.81 bits per heavy atom. The molecule has 0 aliphatic carbocycles. The van der Waals surface area contributed by atoms with E-state index in [1.807, 2.05) is 0 Å². The van der Waals surface area contributed by atoms with E-state index in [2.05, 4.69) is 4.72 Å². The Hall–Kier alpha value is -1.48. The number of carbonyl (C=O) groups is 1. The largest absolute Gasteiger partial charge is 0.478 e. The molecular formula is C11H8Cl2N2O4S2. The number of nitrogens with two attached hydrogens (primary N) is 1. The van der Waals surface area contributed by atoms with Crippen molar-refractivity contribution in [3.05, 3.63) is 39.2 Å². The first-order valence-electron chi connectivity index (χ1n) is 5.30. The molecule has 0 atom stereocenters. The molecule has 21 heavy (non-hydrogen) atoms. The second-order valence-electron chi connectivity index (χ2n) is 3.92. The number of hydrogen-bond donors (Lipinski definition) is 3. The number of hydrogen-bond acceptors (Lipinski definition) is 5. The van der Waals surface area contributed by atoms with Gasteiger partial charge in [0.15, 0.2) is 0 Å². The first-order valence-corrected chi connectivity index (χ1v) is 8.42. The summed E-state index contributed by atoms with van der Waals surface area (Å²) in [6, 6.07) is 3.69. The number of aromatic carboxylic acids is 1. The maximum Gasteiger partial charge on any atom is 0.336 e. The molecule has 0 saturated heterocycles. The lowest BCUT2D eigenvalue weighted by Gasteiger charge is -2.09. The average molecular weight is 367 g/mol. The molecule has 0 unspecified atom stereocenters. The van der Waals surface area contributed by atoms with Crippen LogP contribution in [-0.4, -0.2) is 19.5 Å². The van der Waals surface area contributed by atoms with Gasteiger partial charge in [0.25, 0.3) is 10.0 Å². The van der Waals surface area contributed by atoms with Gasteiger partial charge in [-0.1, -0.05) is 23.2 Å². The zero-order valence-electron chi connectivity index (χ0n) is 10.1. The number of benzene rings is 1. The molecule has 2 aromatic rings. The third kappa shape index (κ3) is 3.41.